The number of rotatable bonds is 4. The third kappa shape index (κ3) is 3.84. The molecule has 0 saturated heterocycles. The molecule has 3 nitrogen and oxygen atoms in total. The van der Waals surface area contributed by atoms with Crippen LogP contribution in [0.3, 0.4) is 0 Å². The topological polar surface area (TPSA) is 55.1 Å². The molecule has 0 bridgehead atoms. The first-order valence-electron chi connectivity index (χ1n) is 6.05. The minimum Gasteiger partial charge on any atom is -0.324 e. The van der Waals surface area contributed by atoms with Gasteiger partial charge in [0.1, 0.15) is 0 Å². The van der Waals surface area contributed by atoms with Gasteiger partial charge in [0.05, 0.1) is 11.7 Å². The molecule has 2 rings (SSSR count). The van der Waals surface area contributed by atoms with Crippen molar-refractivity contribution in [2.24, 2.45) is 5.73 Å². The largest absolute Gasteiger partial charge is 0.324 e. The zero-order valence-electron chi connectivity index (χ0n) is 10.7. The fourth-order valence-electron chi connectivity index (χ4n) is 1.52. The molecule has 3 N–H and O–H groups in total. The number of hydrogen-bond acceptors (Lipinski definition) is 3. The summed E-state index contributed by atoms with van der Waals surface area (Å²) >= 11 is 1.61. The molecular weight excluding hydrogens is 256 g/mol. The molecule has 1 unspecified atom stereocenters. The summed E-state index contributed by atoms with van der Waals surface area (Å²) < 4.78 is 0. The van der Waals surface area contributed by atoms with E-state index in [9.17, 15) is 4.79 Å². The summed E-state index contributed by atoms with van der Waals surface area (Å²) in [5.41, 5.74) is 6.36. The Bertz CT molecular complexity index is 555. The van der Waals surface area contributed by atoms with E-state index in [1.807, 2.05) is 54.6 Å². The van der Waals surface area contributed by atoms with E-state index >= 15 is 0 Å². The van der Waals surface area contributed by atoms with E-state index in [4.69, 9.17) is 5.73 Å². The number of nitrogens with two attached hydrogens (primary N) is 1. The van der Waals surface area contributed by atoms with Crippen molar-refractivity contribution in [3.8, 4) is 0 Å². The fourth-order valence-corrected chi connectivity index (χ4v) is 2.44. The SMILES string of the molecule is CC(N)C(=O)Nc1ccccc1Sc1ccccc1. The van der Waals surface area contributed by atoms with Crippen molar-refractivity contribution >= 4 is 23.4 Å². The highest BCUT2D eigenvalue weighted by atomic mass is 32.2. The Labute approximate surface area is 117 Å². The van der Waals surface area contributed by atoms with Crippen molar-refractivity contribution < 1.29 is 4.79 Å². The lowest BCUT2D eigenvalue weighted by atomic mass is 10.3. The van der Waals surface area contributed by atoms with Crippen molar-refractivity contribution in [2.45, 2.75) is 22.8 Å². The van der Waals surface area contributed by atoms with Crippen LogP contribution in [0.1, 0.15) is 6.92 Å². The third-order valence-electron chi connectivity index (χ3n) is 2.53. The van der Waals surface area contributed by atoms with E-state index < -0.39 is 6.04 Å². The number of anilines is 1. The van der Waals surface area contributed by atoms with Crippen LogP contribution in [-0.2, 0) is 4.79 Å². The smallest absolute Gasteiger partial charge is 0.241 e. The number of carbonyl (C=O) groups excluding carboxylic acids is 1. The van der Waals surface area contributed by atoms with Crippen LogP contribution in [0.2, 0.25) is 0 Å². The Balaban J connectivity index is 2.19. The number of nitrogens with one attached hydrogen (secondary N) is 1. The van der Waals surface area contributed by atoms with E-state index in [1.165, 1.54) is 0 Å². The Hall–Kier alpha value is -1.78. The van der Waals surface area contributed by atoms with Crippen LogP contribution >= 0.6 is 11.8 Å². The number of hydrogen-bond donors (Lipinski definition) is 2. The second-order valence-electron chi connectivity index (χ2n) is 4.19. The van der Waals surface area contributed by atoms with Gasteiger partial charge in [0, 0.05) is 9.79 Å². The molecule has 0 radical (unpaired) electrons. The number of amides is 1. The molecular formula is C15H16N2OS. The first kappa shape index (κ1) is 13.6. The van der Waals surface area contributed by atoms with Crippen LogP contribution in [-0.4, -0.2) is 11.9 Å². The Kier molecular flexibility index (Phi) is 4.60. The molecule has 0 saturated carbocycles. The normalized spacial score (nSPS) is 11.9. The quantitative estimate of drug-likeness (QED) is 0.899. The van der Waals surface area contributed by atoms with Gasteiger partial charge >= 0.3 is 0 Å². The van der Waals surface area contributed by atoms with Crippen molar-refractivity contribution in [3.63, 3.8) is 0 Å². The monoisotopic (exact) mass is 272 g/mol. The average Bonchev–Trinajstić information content (AvgIpc) is 2.42. The molecule has 0 aromatic heterocycles. The van der Waals surface area contributed by atoms with Gasteiger partial charge < -0.3 is 11.1 Å². The van der Waals surface area contributed by atoms with Gasteiger partial charge in [0.25, 0.3) is 0 Å². The Morgan fingerprint density at radius 1 is 1.11 bits per heavy atom. The third-order valence-corrected chi connectivity index (χ3v) is 3.61. The molecule has 98 valence electrons. The highest BCUT2D eigenvalue weighted by molar-refractivity contribution is 7.99. The summed E-state index contributed by atoms with van der Waals surface area (Å²) in [7, 11) is 0. The maximum atomic E-state index is 11.7. The first-order chi connectivity index (χ1) is 9.16. The van der Waals surface area contributed by atoms with Crippen molar-refractivity contribution in [3.05, 3.63) is 54.6 Å². The van der Waals surface area contributed by atoms with Crippen molar-refractivity contribution in [2.75, 3.05) is 5.32 Å². The van der Waals surface area contributed by atoms with E-state index in [0.29, 0.717) is 0 Å². The summed E-state index contributed by atoms with van der Waals surface area (Å²) in [4.78, 5) is 13.8. The minimum atomic E-state index is -0.519. The van der Waals surface area contributed by atoms with Crippen molar-refractivity contribution in [1.29, 1.82) is 0 Å². The van der Waals surface area contributed by atoms with Crippen LogP contribution in [0.15, 0.2) is 64.4 Å². The molecule has 1 amide bonds. The van der Waals surface area contributed by atoms with Gasteiger partial charge in [-0.1, -0.05) is 42.1 Å². The molecule has 0 heterocycles. The fraction of sp³-hybridized carbons (Fsp3) is 0.133. The molecule has 0 spiro atoms. The molecule has 0 aliphatic rings. The Morgan fingerprint density at radius 2 is 1.74 bits per heavy atom. The summed E-state index contributed by atoms with van der Waals surface area (Å²) in [5, 5.41) is 2.85. The van der Waals surface area contributed by atoms with Crippen LogP contribution in [0, 0.1) is 0 Å². The summed E-state index contributed by atoms with van der Waals surface area (Å²) in [6.07, 6.45) is 0. The molecule has 0 aliphatic carbocycles. The average molecular weight is 272 g/mol. The zero-order chi connectivity index (χ0) is 13.7. The molecule has 0 fully saturated rings. The predicted octanol–water partition coefficient (Wildman–Crippen LogP) is 3.12. The van der Waals surface area contributed by atoms with Gasteiger partial charge in [-0.3, -0.25) is 4.79 Å². The molecule has 2 aromatic carbocycles. The maximum Gasteiger partial charge on any atom is 0.241 e. The first-order valence-corrected chi connectivity index (χ1v) is 6.87. The number of benzene rings is 2. The van der Waals surface area contributed by atoms with Gasteiger partial charge in [-0.15, -0.1) is 0 Å². The van der Waals surface area contributed by atoms with Gasteiger partial charge in [0.15, 0.2) is 0 Å². The van der Waals surface area contributed by atoms with E-state index in [1.54, 1.807) is 18.7 Å². The number of carbonyl (C=O) groups is 1. The highest BCUT2D eigenvalue weighted by Crippen LogP contribution is 2.33. The summed E-state index contributed by atoms with van der Waals surface area (Å²) in [6.45, 7) is 1.67. The molecule has 0 aliphatic heterocycles. The molecule has 2 aromatic rings. The van der Waals surface area contributed by atoms with Gasteiger partial charge in [0.2, 0.25) is 5.91 Å². The van der Waals surface area contributed by atoms with Gasteiger partial charge in [-0.05, 0) is 31.2 Å². The Morgan fingerprint density at radius 3 is 2.42 bits per heavy atom. The van der Waals surface area contributed by atoms with Crippen LogP contribution in [0.4, 0.5) is 5.69 Å². The molecule has 1 atom stereocenters. The second-order valence-corrected chi connectivity index (χ2v) is 5.30. The molecule has 19 heavy (non-hydrogen) atoms. The van der Waals surface area contributed by atoms with Crippen LogP contribution < -0.4 is 11.1 Å². The zero-order valence-corrected chi connectivity index (χ0v) is 11.5. The van der Waals surface area contributed by atoms with E-state index in [2.05, 4.69) is 5.32 Å². The van der Waals surface area contributed by atoms with Crippen LogP contribution in [0.25, 0.3) is 0 Å². The lowest BCUT2D eigenvalue weighted by Crippen LogP contribution is -2.32. The standard InChI is InChI=1S/C15H16N2OS/c1-11(16)15(18)17-13-9-5-6-10-14(13)19-12-7-3-2-4-8-12/h2-11H,16H2,1H3,(H,17,18). The van der Waals surface area contributed by atoms with Gasteiger partial charge in [-0.2, -0.15) is 0 Å². The number of para-hydroxylation sites is 1. The predicted molar refractivity (Wildman–Crippen MR) is 79.3 cm³/mol. The second kappa shape index (κ2) is 6.41. The van der Waals surface area contributed by atoms with Gasteiger partial charge in [-0.25, -0.2) is 0 Å². The van der Waals surface area contributed by atoms with Crippen molar-refractivity contribution in [1.82, 2.24) is 0 Å². The van der Waals surface area contributed by atoms with Crippen LogP contribution in [0.5, 0.6) is 0 Å². The highest BCUT2D eigenvalue weighted by Gasteiger charge is 2.10. The van der Waals surface area contributed by atoms with E-state index in [-0.39, 0.29) is 5.91 Å². The van der Waals surface area contributed by atoms with E-state index in [0.717, 1.165) is 15.5 Å². The summed E-state index contributed by atoms with van der Waals surface area (Å²) in [6, 6.07) is 17.2. The molecule has 4 heteroatoms. The summed E-state index contributed by atoms with van der Waals surface area (Å²) in [5.74, 6) is -0.180. The lowest BCUT2D eigenvalue weighted by molar-refractivity contribution is -0.117. The lowest BCUT2D eigenvalue weighted by Gasteiger charge is -2.12. The maximum absolute atomic E-state index is 11.7. The minimum absolute atomic E-state index is 0.180.